The predicted molar refractivity (Wildman–Crippen MR) is 87.8 cm³/mol. The molecule has 0 spiro atoms. The van der Waals surface area contributed by atoms with E-state index in [2.05, 4.69) is 24.1 Å². The molecule has 4 nitrogen and oxygen atoms in total. The monoisotopic (exact) mass is 326 g/mol. The maximum Gasteiger partial charge on any atom is 0.180 e. The Morgan fingerprint density at radius 2 is 2.10 bits per heavy atom. The number of nitrogens with one attached hydrogen (secondary N) is 1. The van der Waals surface area contributed by atoms with Crippen molar-refractivity contribution in [3.8, 4) is 22.1 Å². The molecular formula is C15H19ClN2O2S. The lowest BCUT2D eigenvalue weighted by molar-refractivity contribution is 0.355. The second-order valence-corrected chi connectivity index (χ2v) is 5.95. The Labute approximate surface area is 134 Å². The third kappa shape index (κ3) is 3.31. The van der Waals surface area contributed by atoms with E-state index in [1.165, 1.54) is 4.88 Å². The fourth-order valence-electron chi connectivity index (χ4n) is 2.07. The smallest absolute Gasteiger partial charge is 0.180 e. The fraction of sp³-hybridized carbons (Fsp3) is 0.400. The molecule has 1 aromatic carbocycles. The van der Waals surface area contributed by atoms with Gasteiger partial charge in [-0.25, -0.2) is 4.98 Å². The van der Waals surface area contributed by atoms with Gasteiger partial charge in [0.25, 0.3) is 0 Å². The van der Waals surface area contributed by atoms with Gasteiger partial charge in [-0.3, -0.25) is 0 Å². The maximum atomic E-state index is 6.42. The van der Waals surface area contributed by atoms with Crippen LogP contribution < -0.4 is 14.8 Å². The number of rotatable bonds is 6. The van der Waals surface area contributed by atoms with Gasteiger partial charge in [0.05, 0.1) is 19.2 Å². The van der Waals surface area contributed by atoms with Crippen LogP contribution in [0.5, 0.6) is 11.5 Å². The number of nitrogens with zero attached hydrogens (tertiary/aromatic N) is 1. The van der Waals surface area contributed by atoms with Crippen LogP contribution in [0.4, 0.5) is 0 Å². The zero-order valence-corrected chi connectivity index (χ0v) is 14.1. The molecule has 1 unspecified atom stereocenters. The molecule has 6 heteroatoms. The first-order valence-corrected chi connectivity index (χ1v) is 7.91. The number of hydrogen-bond donors (Lipinski definition) is 1. The Morgan fingerprint density at radius 1 is 1.33 bits per heavy atom. The number of methoxy groups -OCH3 is 2. The van der Waals surface area contributed by atoms with Crippen molar-refractivity contribution in [2.24, 2.45) is 0 Å². The van der Waals surface area contributed by atoms with Crippen molar-refractivity contribution >= 4 is 22.9 Å². The lowest BCUT2D eigenvalue weighted by Gasteiger charge is -2.11. The van der Waals surface area contributed by atoms with Crippen molar-refractivity contribution in [1.29, 1.82) is 0 Å². The average molecular weight is 327 g/mol. The van der Waals surface area contributed by atoms with Crippen LogP contribution in [0.25, 0.3) is 10.6 Å². The molecule has 1 atom stereocenters. The van der Waals surface area contributed by atoms with Crippen LogP contribution in [0.2, 0.25) is 5.02 Å². The number of ether oxygens (including phenoxy) is 2. The Hall–Kier alpha value is -1.30. The molecule has 0 amide bonds. The van der Waals surface area contributed by atoms with Gasteiger partial charge in [-0.2, -0.15) is 0 Å². The second-order valence-electron chi connectivity index (χ2n) is 4.51. The fourth-order valence-corrected chi connectivity index (χ4v) is 3.43. The number of benzene rings is 1. The first-order chi connectivity index (χ1) is 10.1. The van der Waals surface area contributed by atoms with Crippen molar-refractivity contribution in [2.75, 3.05) is 20.8 Å². The number of halogens is 1. The summed E-state index contributed by atoms with van der Waals surface area (Å²) in [5, 5.41) is 4.77. The molecule has 0 aliphatic heterocycles. The summed E-state index contributed by atoms with van der Waals surface area (Å²) >= 11 is 8.05. The van der Waals surface area contributed by atoms with Crippen LogP contribution in [0.3, 0.4) is 0 Å². The van der Waals surface area contributed by atoms with Crippen LogP contribution >= 0.6 is 22.9 Å². The number of thiazole rings is 1. The standard InChI is InChI=1S/C15H19ClN2O2S/c1-5-17-9(2)12-8-18-15(21-12)10-6-7-11(19-3)14(20-4)13(10)16/h6-9,17H,5H2,1-4H3. The number of aromatic nitrogens is 1. The molecule has 0 aliphatic carbocycles. The summed E-state index contributed by atoms with van der Waals surface area (Å²) in [4.78, 5) is 5.66. The van der Waals surface area contributed by atoms with Crippen molar-refractivity contribution in [3.63, 3.8) is 0 Å². The van der Waals surface area contributed by atoms with Crippen LogP contribution in [-0.4, -0.2) is 25.7 Å². The lowest BCUT2D eigenvalue weighted by atomic mass is 10.2. The van der Waals surface area contributed by atoms with E-state index in [-0.39, 0.29) is 6.04 Å². The van der Waals surface area contributed by atoms with E-state index in [9.17, 15) is 0 Å². The van der Waals surface area contributed by atoms with Gasteiger partial charge in [-0.15, -0.1) is 11.3 Å². The van der Waals surface area contributed by atoms with E-state index in [1.54, 1.807) is 25.6 Å². The van der Waals surface area contributed by atoms with E-state index in [0.29, 0.717) is 16.5 Å². The summed E-state index contributed by atoms with van der Waals surface area (Å²) < 4.78 is 10.6. The van der Waals surface area contributed by atoms with Gasteiger partial charge < -0.3 is 14.8 Å². The maximum absolute atomic E-state index is 6.42. The van der Waals surface area contributed by atoms with Gasteiger partial charge in [-0.05, 0) is 25.6 Å². The molecular weight excluding hydrogens is 308 g/mol. The van der Waals surface area contributed by atoms with Gasteiger partial charge in [0.2, 0.25) is 0 Å². The van der Waals surface area contributed by atoms with Gasteiger partial charge in [-0.1, -0.05) is 18.5 Å². The molecule has 0 radical (unpaired) electrons. The Morgan fingerprint density at radius 3 is 2.71 bits per heavy atom. The minimum absolute atomic E-state index is 0.278. The highest BCUT2D eigenvalue weighted by Gasteiger charge is 2.17. The normalized spacial score (nSPS) is 12.2. The molecule has 1 aromatic heterocycles. The van der Waals surface area contributed by atoms with Gasteiger partial charge in [0, 0.05) is 22.7 Å². The predicted octanol–water partition coefficient (Wildman–Crippen LogP) is 4.15. The van der Waals surface area contributed by atoms with E-state index < -0.39 is 0 Å². The minimum atomic E-state index is 0.278. The first kappa shape index (κ1) is 16.1. The molecule has 0 fully saturated rings. The van der Waals surface area contributed by atoms with E-state index in [4.69, 9.17) is 21.1 Å². The Bertz CT molecular complexity index is 616. The number of hydrogen-bond acceptors (Lipinski definition) is 5. The zero-order valence-electron chi connectivity index (χ0n) is 12.6. The van der Waals surface area contributed by atoms with Crippen molar-refractivity contribution in [3.05, 3.63) is 28.2 Å². The molecule has 0 saturated carbocycles. The summed E-state index contributed by atoms with van der Waals surface area (Å²) in [6.45, 7) is 5.13. The third-order valence-corrected chi connectivity index (χ3v) is 4.76. The van der Waals surface area contributed by atoms with Crippen molar-refractivity contribution in [1.82, 2.24) is 10.3 Å². The molecule has 1 N–H and O–H groups in total. The minimum Gasteiger partial charge on any atom is -0.493 e. The molecule has 21 heavy (non-hydrogen) atoms. The zero-order chi connectivity index (χ0) is 15.4. The largest absolute Gasteiger partial charge is 0.493 e. The molecule has 2 aromatic rings. The summed E-state index contributed by atoms with van der Waals surface area (Å²) in [7, 11) is 3.17. The Kier molecular flexibility index (Phi) is 5.45. The van der Waals surface area contributed by atoms with E-state index in [0.717, 1.165) is 17.1 Å². The molecule has 114 valence electrons. The Balaban J connectivity index is 2.39. The molecule has 0 saturated heterocycles. The van der Waals surface area contributed by atoms with E-state index in [1.807, 2.05) is 18.3 Å². The third-order valence-electron chi connectivity index (χ3n) is 3.18. The highest BCUT2D eigenvalue weighted by molar-refractivity contribution is 7.15. The highest BCUT2D eigenvalue weighted by atomic mass is 35.5. The van der Waals surface area contributed by atoms with Crippen LogP contribution in [0.1, 0.15) is 24.8 Å². The first-order valence-electron chi connectivity index (χ1n) is 6.72. The molecule has 0 bridgehead atoms. The summed E-state index contributed by atoms with van der Waals surface area (Å²) in [5.74, 6) is 1.15. The van der Waals surface area contributed by atoms with Crippen LogP contribution in [0, 0.1) is 0 Å². The van der Waals surface area contributed by atoms with Crippen LogP contribution in [0.15, 0.2) is 18.3 Å². The van der Waals surface area contributed by atoms with E-state index >= 15 is 0 Å². The average Bonchev–Trinajstić information content (AvgIpc) is 2.96. The molecule has 0 aliphatic rings. The quantitative estimate of drug-likeness (QED) is 0.866. The summed E-state index contributed by atoms with van der Waals surface area (Å²) in [6, 6.07) is 4.03. The highest BCUT2D eigenvalue weighted by Crippen LogP contribution is 2.43. The molecule has 1 heterocycles. The van der Waals surface area contributed by atoms with Gasteiger partial charge in [0.15, 0.2) is 11.5 Å². The SMILES string of the molecule is CCNC(C)c1cnc(-c2ccc(OC)c(OC)c2Cl)s1. The topological polar surface area (TPSA) is 43.4 Å². The van der Waals surface area contributed by atoms with Crippen molar-refractivity contribution < 1.29 is 9.47 Å². The second kappa shape index (κ2) is 7.11. The summed E-state index contributed by atoms with van der Waals surface area (Å²) in [5.41, 5.74) is 0.856. The van der Waals surface area contributed by atoms with Gasteiger partial charge in [0.1, 0.15) is 5.01 Å². The van der Waals surface area contributed by atoms with Gasteiger partial charge >= 0.3 is 0 Å². The lowest BCUT2D eigenvalue weighted by Crippen LogP contribution is -2.16. The van der Waals surface area contributed by atoms with Crippen molar-refractivity contribution in [2.45, 2.75) is 19.9 Å². The molecule has 2 rings (SSSR count). The summed E-state index contributed by atoms with van der Waals surface area (Å²) in [6.07, 6.45) is 1.89. The van der Waals surface area contributed by atoms with Crippen LogP contribution in [-0.2, 0) is 0 Å².